The molecule has 0 fully saturated rings. The Balaban J connectivity index is 2.58. The summed E-state index contributed by atoms with van der Waals surface area (Å²) in [6, 6.07) is 3.81. The molecule has 1 atom stereocenters. The van der Waals surface area contributed by atoms with Crippen LogP contribution < -0.4 is 5.32 Å². The molecule has 0 heterocycles. The highest BCUT2D eigenvalue weighted by atomic mass is 35.5. The van der Waals surface area contributed by atoms with Gasteiger partial charge in [-0.15, -0.1) is 11.6 Å². The summed E-state index contributed by atoms with van der Waals surface area (Å²) in [6.45, 7) is 4.43. The second kappa shape index (κ2) is 6.50. The predicted octanol–water partition coefficient (Wildman–Crippen LogP) is 2.48. The molecule has 5 heteroatoms. The molecule has 0 spiro atoms. The first-order valence-corrected chi connectivity index (χ1v) is 6.28. The monoisotopic (exact) mass is 271 g/mol. The maximum atomic E-state index is 11.8. The lowest BCUT2D eigenvalue weighted by molar-refractivity contribution is 0.0950. The topological polar surface area (TPSA) is 69.6 Å². The van der Waals surface area contributed by atoms with Crippen molar-refractivity contribution in [1.29, 1.82) is 0 Å². The number of aromatic hydroxyl groups is 2. The molecule has 18 heavy (non-hydrogen) atoms. The van der Waals surface area contributed by atoms with Crippen LogP contribution in [-0.4, -0.2) is 28.0 Å². The lowest BCUT2D eigenvalue weighted by Gasteiger charge is -2.13. The average Bonchev–Trinajstić information content (AvgIpc) is 2.28. The van der Waals surface area contributed by atoms with Gasteiger partial charge in [-0.3, -0.25) is 4.79 Å². The molecule has 0 saturated heterocycles. The molecule has 0 aliphatic rings. The fourth-order valence-corrected chi connectivity index (χ4v) is 2.03. The van der Waals surface area contributed by atoms with Gasteiger partial charge in [-0.25, -0.2) is 0 Å². The second-order valence-electron chi connectivity index (χ2n) is 4.64. The Bertz CT molecular complexity index is 421. The Kier molecular flexibility index (Phi) is 5.28. The van der Waals surface area contributed by atoms with E-state index in [0.717, 1.165) is 6.42 Å². The zero-order valence-electron chi connectivity index (χ0n) is 10.5. The van der Waals surface area contributed by atoms with Crippen LogP contribution in [-0.2, 0) is 0 Å². The number of hydrogen-bond acceptors (Lipinski definition) is 3. The van der Waals surface area contributed by atoms with Crippen molar-refractivity contribution in [3.63, 3.8) is 0 Å². The van der Waals surface area contributed by atoms with E-state index >= 15 is 0 Å². The Morgan fingerprint density at radius 2 is 2.06 bits per heavy atom. The molecule has 0 bridgehead atoms. The molecule has 0 aromatic heterocycles. The summed E-state index contributed by atoms with van der Waals surface area (Å²) in [6.07, 6.45) is 0.799. The maximum absolute atomic E-state index is 11.8. The van der Waals surface area contributed by atoms with Gasteiger partial charge in [0.1, 0.15) is 11.5 Å². The molecule has 3 N–H and O–H groups in total. The maximum Gasteiger partial charge on any atom is 0.255 e. The van der Waals surface area contributed by atoms with Crippen LogP contribution in [0.4, 0.5) is 0 Å². The molecule has 4 nitrogen and oxygen atoms in total. The molecule has 0 aliphatic carbocycles. The number of benzene rings is 1. The van der Waals surface area contributed by atoms with Crippen molar-refractivity contribution in [2.45, 2.75) is 25.6 Å². The molecule has 1 amide bonds. The second-order valence-corrected chi connectivity index (χ2v) is 5.26. The van der Waals surface area contributed by atoms with Crippen LogP contribution >= 0.6 is 11.6 Å². The highest BCUT2D eigenvalue weighted by Gasteiger charge is 2.14. The van der Waals surface area contributed by atoms with Crippen molar-refractivity contribution in [3.8, 4) is 11.5 Å². The molecule has 1 rings (SSSR count). The van der Waals surface area contributed by atoms with Crippen LogP contribution in [0.25, 0.3) is 0 Å². The Morgan fingerprint density at radius 1 is 1.39 bits per heavy atom. The van der Waals surface area contributed by atoms with Gasteiger partial charge in [-0.1, -0.05) is 13.8 Å². The first kappa shape index (κ1) is 14.6. The third-order valence-corrected chi connectivity index (χ3v) is 2.77. The summed E-state index contributed by atoms with van der Waals surface area (Å²) in [7, 11) is 0. The summed E-state index contributed by atoms with van der Waals surface area (Å²) in [5.74, 6) is -0.223. The van der Waals surface area contributed by atoms with Crippen molar-refractivity contribution in [3.05, 3.63) is 23.8 Å². The molecule has 1 unspecified atom stereocenters. The standard InChI is InChI=1S/C13H18ClNO3/c1-8(2)5-9(14)7-15-13(18)11-6-10(16)3-4-12(11)17/h3-4,6,8-9,16-17H,5,7H2,1-2H3,(H,15,18). The molecule has 0 saturated carbocycles. The number of hydrogen-bond donors (Lipinski definition) is 3. The van der Waals surface area contributed by atoms with Crippen molar-refractivity contribution >= 4 is 17.5 Å². The number of alkyl halides is 1. The van der Waals surface area contributed by atoms with E-state index in [-0.39, 0.29) is 22.4 Å². The number of rotatable bonds is 5. The van der Waals surface area contributed by atoms with Gasteiger partial charge in [0, 0.05) is 6.54 Å². The predicted molar refractivity (Wildman–Crippen MR) is 71.2 cm³/mol. The van der Waals surface area contributed by atoms with E-state index < -0.39 is 5.91 Å². The first-order valence-electron chi connectivity index (χ1n) is 5.84. The summed E-state index contributed by atoms with van der Waals surface area (Å²) in [4.78, 5) is 11.8. The molecule has 0 radical (unpaired) electrons. The highest BCUT2D eigenvalue weighted by Crippen LogP contribution is 2.21. The van der Waals surface area contributed by atoms with Crippen LogP contribution in [0.5, 0.6) is 11.5 Å². The molecule has 1 aromatic carbocycles. The smallest absolute Gasteiger partial charge is 0.255 e. The van der Waals surface area contributed by atoms with E-state index in [4.69, 9.17) is 11.6 Å². The summed E-state index contributed by atoms with van der Waals surface area (Å²) < 4.78 is 0. The van der Waals surface area contributed by atoms with Crippen molar-refractivity contribution in [2.75, 3.05) is 6.54 Å². The van der Waals surface area contributed by atoms with Crippen molar-refractivity contribution < 1.29 is 15.0 Å². The number of phenols is 2. The SMILES string of the molecule is CC(C)CC(Cl)CNC(=O)c1cc(O)ccc1O. The van der Waals surface area contributed by atoms with Gasteiger partial charge < -0.3 is 15.5 Å². The Morgan fingerprint density at radius 3 is 2.67 bits per heavy atom. The number of nitrogens with one attached hydrogen (secondary N) is 1. The number of halogens is 1. The van der Waals surface area contributed by atoms with Gasteiger partial charge in [0.05, 0.1) is 10.9 Å². The molecule has 1 aromatic rings. The summed E-state index contributed by atoms with van der Waals surface area (Å²) >= 11 is 6.05. The zero-order chi connectivity index (χ0) is 13.7. The third kappa shape index (κ3) is 4.45. The lowest BCUT2D eigenvalue weighted by atomic mass is 10.1. The van der Waals surface area contributed by atoms with E-state index in [1.165, 1.54) is 18.2 Å². The van der Waals surface area contributed by atoms with Crippen LogP contribution in [0.1, 0.15) is 30.6 Å². The van der Waals surface area contributed by atoms with E-state index in [1.54, 1.807) is 0 Å². The molecular formula is C13H18ClNO3. The van der Waals surface area contributed by atoms with E-state index in [9.17, 15) is 15.0 Å². The van der Waals surface area contributed by atoms with E-state index in [0.29, 0.717) is 12.5 Å². The summed E-state index contributed by atoms with van der Waals surface area (Å²) in [5.41, 5.74) is 0.0448. The van der Waals surface area contributed by atoms with Gasteiger partial charge >= 0.3 is 0 Å². The van der Waals surface area contributed by atoms with Gasteiger partial charge in [0.15, 0.2) is 0 Å². The van der Waals surface area contributed by atoms with Gasteiger partial charge in [-0.2, -0.15) is 0 Å². The minimum Gasteiger partial charge on any atom is -0.508 e. The highest BCUT2D eigenvalue weighted by molar-refractivity contribution is 6.21. The Hall–Kier alpha value is -1.42. The largest absolute Gasteiger partial charge is 0.508 e. The third-order valence-electron chi connectivity index (χ3n) is 2.44. The zero-order valence-corrected chi connectivity index (χ0v) is 11.2. The minimum atomic E-state index is -0.446. The van der Waals surface area contributed by atoms with E-state index in [2.05, 4.69) is 19.2 Å². The van der Waals surface area contributed by atoms with Crippen molar-refractivity contribution in [1.82, 2.24) is 5.32 Å². The molecule has 0 aliphatic heterocycles. The fraction of sp³-hybridized carbons (Fsp3) is 0.462. The van der Waals surface area contributed by atoms with Crippen LogP contribution in [0.2, 0.25) is 0 Å². The van der Waals surface area contributed by atoms with Gasteiger partial charge in [-0.05, 0) is 30.5 Å². The lowest BCUT2D eigenvalue weighted by Crippen LogP contribution is -2.30. The number of carbonyl (C=O) groups is 1. The van der Waals surface area contributed by atoms with Gasteiger partial charge in [0.2, 0.25) is 0 Å². The van der Waals surface area contributed by atoms with Crippen LogP contribution in [0, 0.1) is 5.92 Å². The van der Waals surface area contributed by atoms with Crippen LogP contribution in [0.3, 0.4) is 0 Å². The van der Waals surface area contributed by atoms with Crippen molar-refractivity contribution in [2.24, 2.45) is 5.92 Å². The first-order chi connectivity index (χ1) is 8.40. The van der Waals surface area contributed by atoms with Gasteiger partial charge in [0.25, 0.3) is 5.91 Å². The van der Waals surface area contributed by atoms with E-state index in [1.807, 2.05) is 0 Å². The average molecular weight is 272 g/mol. The minimum absolute atomic E-state index is 0.0448. The number of carbonyl (C=O) groups excluding carboxylic acids is 1. The quantitative estimate of drug-likeness (QED) is 0.569. The fourth-order valence-electron chi connectivity index (χ4n) is 1.60. The number of amides is 1. The Labute approximate surface area is 112 Å². The number of phenolic OH excluding ortho intramolecular Hbond substituents is 2. The van der Waals surface area contributed by atoms with Crippen LogP contribution in [0.15, 0.2) is 18.2 Å². The molecular weight excluding hydrogens is 254 g/mol. The normalized spacial score (nSPS) is 12.4. The summed E-state index contributed by atoms with van der Waals surface area (Å²) in [5, 5.41) is 21.3. The molecule has 100 valence electrons.